The maximum absolute atomic E-state index is 12.2. The molecule has 0 aliphatic heterocycles. The first-order chi connectivity index (χ1) is 10.7. The molecule has 0 atom stereocenters. The summed E-state index contributed by atoms with van der Waals surface area (Å²) in [7, 11) is 0. The van der Waals surface area contributed by atoms with Gasteiger partial charge in [-0.2, -0.15) is 5.10 Å². The molecule has 1 amide bonds. The van der Waals surface area contributed by atoms with Crippen LogP contribution < -0.4 is 5.32 Å². The Bertz CT molecular complexity index is 869. The summed E-state index contributed by atoms with van der Waals surface area (Å²) in [6, 6.07) is 9.68. The Kier molecular flexibility index (Phi) is 3.08. The van der Waals surface area contributed by atoms with Crippen LogP contribution in [0.25, 0.3) is 16.9 Å². The number of amides is 1. The lowest BCUT2D eigenvalue weighted by molar-refractivity contribution is 0.0952. The van der Waals surface area contributed by atoms with Crippen LogP contribution in [0.2, 0.25) is 5.02 Å². The summed E-state index contributed by atoms with van der Waals surface area (Å²) >= 11 is 6.06. The van der Waals surface area contributed by atoms with E-state index in [1.54, 1.807) is 16.9 Å². The van der Waals surface area contributed by atoms with Crippen molar-refractivity contribution in [3.8, 4) is 11.3 Å². The zero-order valence-electron chi connectivity index (χ0n) is 11.7. The molecule has 110 valence electrons. The summed E-state index contributed by atoms with van der Waals surface area (Å²) in [6.07, 6.45) is 5.34. The molecule has 1 aliphatic carbocycles. The van der Waals surface area contributed by atoms with Crippen LogP contribution in [-0.4, -0.2) is 26.5 Å². The van der Waals surface area contributed by atoms with Gasteiger partial charge in [-0.15, -0.1) is 0 Å². The molecule has 4 rings (SSSR count). The third-order valence-corrected chi connectivity index (χ3v) is 3.91. The van der Waals surface area contributed by atoms with Gasteiger partial charge < -0.3 is 5.32 Å². The number of rotatable bonds is 3. The molecule has 1 saturated carbocycles. The summed E-state index contributed by atoms with van der Waals surface area (Å²) in [5, 5.41) is 7.94. The number of benzene rings is 1. The molecule has 0 unspecified atom stereocenters. The van der Waals surface area contributed by atoms with Crippen LogP contribution in [0.4, 0.5) is 0 Å². The van der Waals surface area contributed by atoms with Crippen molar-refractivity contribution in [2.24, 2.45) is 0 Å². The van der Waals surface area contributed by atoms with E-state index >= 15 is 0 Å². The SMILES string of the molecule is O=C(NC1CC1)c1cnn2c(-c3cccc(Cl)c3)ccnc12. The summed E-state index contributed by atoms with van der Waals surface area (Å²) in [5.74, 6) is -0.117. The van der Waals surface area contributed by atoms with E-state index < -0.39 is 0 Å². The number of hydrogen-bond acceptors (Lipinski definition) is 3. The predicted octanol–water partition coefficient (Wildman–Crippen LogP) is 2.94. The van der Waals surface area contributed by atoms with Gasteiger partial charge in [0.15, 0.2) is 5.65 Å². The number of aromatic nitrogens is 3. The quantitative estimate of drug-likeness (QED) is 0.809. The zero-order chi connectivity index (χ0) is 15.1. The Morgan fingerprint density at radius 1 is 1.32 bits per heavy atom. The lowest BCUT2D eigenvalue weighted by Gasteiger charge is -2.05. The van der Waals surface area contributed by atoms with Crippen LogP contribution in [0.1, 0.15) is 23.2 Å². The molecule has 1 fully saturated rings. The second kappa shape index (κ2) is 5.10. The van der Waals surface area contributed by atoms with Crippen molar-refractivity contribution >= 4 is 23.2 Å². The normalized spacial score (nSPS) is 14.2. The molecule has 0 saturated heterocycles. The van der Waals surface area contributed by atoms with E-state index in [9.17, 15) is 4.79 Å². The van der Waals surface area contributed by atoms with E-state index in [0.29, 0.717) is 22.3 Å². The fourth-order valence-corrected chi connectivity index (χ4v) is 2.60. The van der Waals surface area contributed by atoms with E-state index in [1.807, 2.05) is 30.3 Å². The smallest absolute Gasteiger partial charge is 0.256 e. The molecule has 2 aromatic heterocycles. The number of hydrogen-bond donors (Lipinski definition) is 1. The monoisotopic (exact) mass is 312 g/mol. The molecule has 22 heavy (non-hydrogen) atoms. The van der Waals surface area contributed by atoms with Crippen LogP contribution in [-0.2, 0) is 0 Å². The Morgan fingerprint density at radius 3 is 2.95 bits per heavy atom. The highest BCUT2D eigenvalue weighted by atomic mass is 35.5. The number of nitrogens with one attached hydrogen (secondary N) is 1. The fourth-order valence-electron chi connectivity index (χ4n) is 2.41. The zero-order valence-corrected chi connectivity index (χ0v) is 12.4. The van der Waals surface area contributed by atoms with Gasteiger partial charge in [0.1, 0.15) is 5.56 Å². The minimum Gasteiger partial charge on any atom is -0.349 e. The van der Waals surface area contributed by atoms with Gasteiger partial charge in [0.25, 0.3) is 5.91 Å². The van der Waals surface area contributed by atoms with Crippen molar-refractivity contribution in [2.75, 3.05) is 0 Å². The Balaban J connectivity index is 1.81. The van der Waals surface area contributed by atoms with Gasteiger partial charge in [0.05, 0.1) is 11.9 Å². The first-order valence-corrected chi connectivity index (χ1v) is 7.50. The molecular weight excluding hydrogens is 300 g/mol. The highest BCUT2D eigenvalue weighted by Gasteiger charge is 2.25. The number of carbonyl (C=O) groups is 1. The van der Waals surface area contributed by atoms with Crippen LogP contribution >= 0.6 is 11.6 Å². The Hall–Kier alpha value is -2.40. The summed E-state index contributed by atoms with van der Waals surface area (Å²) < 4.78 is 1.67. The Morgan fingerprint density at radius 2 is 2.18 bits per heavy atom. The summed E-state index contributed by atoms with van der Waals surface area (Å²) in [6.45, 7) is 0. The number of carbonyl (C=O) groups excluding carboxylic acids is 1. The van der Waals surface area contributed by atoms with Crippen molar-refractivity contribution in [1.29, 1.82) is 0 Å². The third kappa shape index (κ3) is 2.33. The van der Waals surface area contributed by atoms with Crippen molar-refractivity contribution < 1.29 is 4.79 Å². The standard InChI is InChI=1S/C16H13ClN4O/c17-11-3-1-2-10(8-11)14-6-7-18-15-13(9-19-21(14)15)16(22)20-12-4-5-12/h1-3,6-9,12H,4-5H2,(H,20,22). The minimum atomic E-state index is -0.117. The van der Waals surface area contributed by atoms with Gasteiger partial charge in [0.2, 0.25) is 0 Å². The molecule has 0 bridgehead atoms. The van der Waals surface area contributed by atoms with Crippen molar-refractivity contribution in [3.05, 3.63) is 53.3 Å². The molecule has 1 N–H and O–H groups in total. The van der Waals surface area contributed by atoms with Crippen molar-refractivity contribution in [2.45, 2.75) is 18.9 Å². The largest absolute Gasteiger partial charge is 0.349 e. The average Bonchev–Trinajstić information content (AvgIpc) is 3.22. The van der Waals surface area contributed by atoms with Gasteiger partial charge in [-0.3, -0.25) is 4.79 Å². The van der Waals surface area contributed by atoms with Gasteiger partial charge in [-0.25, -0.2) is 9.50 Å². The second-order valence-corrected chi connectivity index (χ2v) is 5.82. The van der Waals surface area contributed by atoms with E-state index in [2.05, 4.69) is 15.4 Å². The highest BCUT2D eigenvalue weighted by Crippen LogP contribution is 2.24. The summed E-state index contributed by atoms with van der Waals surface area (Å²) in [4.78, 5) is 16.6. The Labute approximate surface area is 131 Å². The molecular formula is C16H13ClN4O. The first-order valence-electron chi connectivity index (χ1n) is 7.12. The van der Waals surface area contributed by atoms with E-state index in [4.69, 9.17) is 11.6 Å². The van der Waals surface area contributed by atoms with Gasteiger partial charge in [0, 0.05) is 22.8 Å². The van der Waals surface area contributed by atoms with Crippen LogP contribution in [0.5, 0.6) is 0 Å². The lowest BCUT2D eigenvalue weighted by Crippen LogP contribution is -2.25. The van der Waals surface area contributed by atoms with Crippen molar-refractivity contribution in [1.82, 2.24) is 19.9 Å². The van der Waals surface area contributed by atoms with Crippen LogP contribution in [0, 0.1) is 0 Å². The maximum atomic E-state index is 12.2. The highest BCUT2D eigenvalue weighted by molar-refractivity contribution is 6.30. The maximum Gasteiger partial charge on any atom is 0.256 e. The van der Waals surface area contributed by atoms with Crippen LogP contribution in [0.15, 0.2) is 42.7 Å². The molecule has 1 aromatic carbocycles. The van der Waals surface area contributed by atoms with Gasteiger partial charge in [-0.05, 0) is 31.0 Å². The molecule has 0 spiro atoms. The second-order valence-electron chi connectivity index (χ2n) is 5.38. The molecule has 5 nitrogen and oxygen atoms in total. The van der Waals surface area contributed by atoms with E-state index in [0.717, 1.165) is 24.1 Å². The number of nitrogens with zero attached hydrogens (tertiary/aromatic N) is 3. The number of fused-ring (bicyclic) bond motifs is 1. The predicted molar refractivity (Wildman–Crippen MR) is 83.9 cm³/mol. The fraction of sp³-hybridized carbons (Fsp3) is 0.188. The van der Waals surface area contributed by atoms with E-state index in [1.165, 1.54) is 0 Å². The van der Waals surface area contributed by atoms with Gasteiger partial charge in [-0.1, -0.05) is 23.7 Å². The third-order valence-electron chi connectivity index (χ3n) is 3.68. The summed E-state index contributed by atoms with van der Waals surface area (Å²) in [5.41, 5.74) is 2.82. The molecule has 6 heteroatoms. The topological polar surface area (TPSA) is 59.3 Å². The average molecular weight is 313 g/mol. The molecule has 2 heterocycles. The van der Waals surface area contributed by atoms with Crippen molar-refractivity contribution in [3.63, 3.8) is 0 Å². The molecule has 1 aliphatic rings. The molecule has 3 aromatic rings. The first kappa shape index (κ1) is 13.3. The molecule has 0 radical (unpaired) electrons. The van der Waals surface area contributed by atoms with Crippen LogP contribution in [0.3, 0.4) is 0 Å². The lowest BCUT2D eigenvalue weighted by atomic mass is 10.1. The van der Waals surface area contributed by atoms with Gasteiger partial charge >= 0.3 is 0 Å². The van der Waals surface area contributed by atoms with E-state index in [-0.39, 0.29) is 5.91 Å². The number of halogens is 1. The minimum absolute atomic E-state index is 0.117.